The van der Waals surface area contributed by atoms with Crippen molar-refractivity contribution in [1.82, 2.24) is 15.4 Å². The maximum absolute atomic E-state index is 11.1. The van der Waals surface area contributed by atoms with Crippen molar-refractivity contribution in [1.29, 1.82) is 0 Å². The van der Waals surface area contributed by atoms with Crippen molar-refractivity contribution >= 4 is 17.6 Å². The second kappa shape index (κ2) is 4.06. The first-order valence-electron chi connectivity index (χ1n) is 3.42. The lowest BCUT2D eigenvalue weighted by Gasteiger charge is -1.97. The third kappa shape index (κ3) is 1.73. The average molecular weight is 190 g/mol. The molecule has 0 aliphatic heterocycles. The Labute approximate surface area is 74.1 Å². The molecule has 0 bridgehead atoms. The van der Waals surface area contributed by atoms with Crippen LogP contribution in [-0.4, -0.2) is 28.0 Å². The van der Waals surface area contributed by atoms with Crippen molar-refractivity contribution in [2.45, 2.75) is 12.8 Å². The van der Waals surface area contributed by atoms with Gasteiger partial charge in [-0.15, -0.1) is 16.7 Å². The van der Waals surface area contributed by atoms with E-state index in [1.807, 2.05) is 0 Å². The molecule has 1 rings (SSSR count). The van der Waals surface area contributed by atoms with Gasteiger partial charge in [0.05, 0.1) is 12.5 Å². The second-order valence-electron chi connectivity index (χ2n) is 1.97. The van der Waals surface area contributed by atoms with Gasteiger partial charge >= 0.3 is 5.97 Å². The molecule has 1 aromatic rings. The van der Waals surface area contributed by atoms with Gasteiger partial charge in [-0.2, -0.15) is 10.3 Å². The van der Waals surface area contributed by atoms with E-state index in [0.29, 0.717) is 12.3 Å². The molecule has 6 heteroatoms. The van der Waals surface area contributed by atoms with Crippen molar-refractivity contribution in [3.8, 4) is 0 Å². The summed E-state index contributed by atoms with van der Waals surface area (Å²) in [6.45, 7) is 2.03. The summed E-state index contributed by atoms with van der Waals surface area (Å²) in [6.07, 6.45) is 0. The van der Waals surface area contributed by atoms with E-state index >= 15 is 0 Å². The van der Waals surface area contributed by atoms with E-state index in [-0.39, 0.29) is 11.6 Å². The van der Waals surface area contributed by atoms with Crippen LogP contribution < -0.4 is 0 Å². The molecule has 0 atom stereocenters. The van der Waals surface area contributed by atoms with E-state index in [2.05, 4.69) is 15.4 Å². The first-order valence-corrected chi connectivity index (χ1v) is 3.95. The predicted molar refractivity (Wildman–Crippen MR) is 41.9 cm³/mol. The predicted octanol–water partition coefficient (Wildman–Crippen LogP) is 0.720. The number of rotatable bonds is 3. The molecule has 12 heavy (non-hydrogen) atoms. The third-order valence-electron chi connectivity index (χ3n) is 1.22. The molecule has 1 aromatic heterocycles. The molecule has 0 fully saturated rings. The Morgan fingerprint density at radius 1 is 1.67 bits per heavy atom. The van der Waals surface area contributed by atoms with Crippen LogP contribution in [0.15, 0.2) is 0 Å². The van der Waals surface area contributed by atoms with Crippen LogP contribution in [0.2, 0.25) is 0 Å². The van der Waals surface area contributed by atoms with Crippen LogP contribution in [0.3, 0.4) is 0 Å². The van der Waals surface area contributed by atoms with Gasteiger partial charge in [-0.25, -0.2) is 4.79 Å². The summed E-state index contributed by atoms with van der Waals surface area (Å²) in [5.41, 5.74) is 0.571. The zero-order valence-electron chi connectivity index (χ0n) is 6.50. The highest BCUT2D eigenvalue weighted by Crippen LogP contribution is 2.05. The molecule has 0 radical (unpaired) electrons. The number of hydrogen-bond acceptors (Lipinski definition) is 4. The highest BCUT2D eigenvalue weighted by Gasteiger charge is 2.15. The molecule has 1 heterocycles. The number of nitrogens with one attached hydrogen (secondary N) is 1. The van der Waals surface area contributed by atoms with E-state index in [1.165, 1.54) is 0 Å². The molecule has 0 saturated heterocycles. The maximum atomic E-state index is 11.1. The Bertz CT molecular complexity index is 274. The van der Waals surface area contributed by atoms with E-state index in [1.54, 1.807) is 6.92 Å². The molecule has 0 spiro atoms. The average Bonchev–Trinajstić information content (AvgIpc) is 2.51. The fraction of sp³-hybridized carbons (Fsp3) is 0.500. The van der Waals surface area contributed by atoms with Crippen LogP contribution in [0, 0.1) is 0 Å². The summed E-state index contributed by atoms with van der Waals surface area (Å²) in [6, 6.07) is 0. The van der Waals surface area contributed by atoms with Gasteiger partial charge < -0.3 is 4.74 Å². The minimum Gasteiger partial charge on any atom is -0.461 e. The molecule has 0 aliphatic rings. The Hall–Kier alpha value is -1.10. The van der Waals surface area contributed by atoms with Gasteiger partial charge in [0.1, 0.15) is 5.69 Å². The molecule has 0 amide bonds. The van der Waals surface area contributed by atoms with Gasteiger partial charge in [-0.05, 0) is 6.92 Å². The summed E-state index contributed by atoms with van der Waals surface area (Å²) in [5.74, 6) is -0.355. The number of aromatic amines is 1. The molecular weight excluding hydrogens is 182 g/mol. The highest BCUT2D eigenvalue weighted by atomic mass is 35.5. The van der Waals surface area contributed by atoms with Crippen molar-refractivity contribution in [2.24, 2.45) is 0 Å². The largest absolute Gasteiger partial charge is 0.461 e. The number of nitrogens with zero attached hydrogens (tertiary/aromatic N) is 2. The number of aromatic nitrogens is 3. The molecule has 66 valence electrons. The van der Waals surface area contributed by atoms with Crippen molar-refractivity contribution in [3.05, 3.63) is 11.4 Å². The summed E-state index contributed by atoms with van der Waals surface area (Å²) < 4.78 is 4.71. The Morgan fingerprint density at radius 2 is 2.42 bits per heavy atom. The summed E-state index contributed by atoms with van der Waals surface area (Å²) in [5, 5.41) is 9.58. The lowest BCUT2D eigenvalue weighted by atomic mass is 10.3. The number of ether oxygens (including phenoxy) is 1. The first kappa shape index (κ1) is 8.99. The lowest BCUT2D eigenvalue weighted by Crippen LogP contribution is -2.07. The van der Waals surface area contributed by atoms with Gasteiger partial charge in [0.15, 0.2) is 5.69 Å². The molecule has 0 unspecified atom stereocenters. The number of alkyl halides is 1. The second-order valence-corrected chi connectivity index (χ2v) is 2.24. The molecule has 0 aromatic carbocycles. The van der Waals surface area contributed by atoms with Gasteiger partial charge in [0, 0.05) is 0 Å². The number of halogens is 1. The smallest absolute Gasteiger partial charge is 0.360 e. The summed E-state index contributed by atoms with van der Waals surface area (Å²) in [7, 11) is 0. The number of H-pyrrole nitrogens is 1. The minimum atomic E-state index is -0.498. The summed E-state index contributed by atoms with van der Waals surface area (Å²) >= 11 is 5.49. The van der Waals surface area contributed by atoms with E-state index in [0.717, 1.165) is 0 Å². The van der Waals surface area contributed by atoms with Gasteiger partial charge in [-0.1, -0.05) is 0 Å². The third-order valence-corrected chi connectivity index (χ3v) is 1.47. The van der Waals surface area contributed by atoms with E-state index < -0.39 is 5.97 Å². The van der Waals surface area contributed by atoms with Gasteiger partial charge in [0.2, 0.25) is 0 Å². The molecule has 0 aliphatic carbocycles. The van der Waals surface area contributed by atoms with Crippen LogP contribution in [0.1, 0.15) is 23.1 Å². The van der Waals surface area contributed by atoms with Crippen LogP contribution in [0.4, 0.5) is 0 Å². The Kier molecular flexibility index (Phi) is 3.04. The zero-order valence-corrected chi connectivity index (χ0v) is 7.26. The number of hydrogen-bond donors (Lipinski definition) is 1. The minimum absolute atomic E-state index is 0.143. The van der Waals surface area contributed by atoms with Crippen LogP contribution >= 0.6 is 11.6 Å². The fourth-order valence-corrected chi connectivity index (χ4v) is 0.895. The molecular formula is C6H8ClN3O2. The van der Waals surface area contributed by atoms with E-state index in [9.17, 15) is 4.79 Å². The fourth-order valence-electron chi connectivity index (χ4n) is 0.709. The summed E-state index contributed by atoms with van der Waals surface area (Å²) in [4.78, 5) is 11.1. The Balaban J connectivity index is 2.79. The van der Waals surface area contributed by atoms with Gasteiger partial charge in [0.25, 0.3) is 0 Å². The number of esters is 1. The number of carbonyl (C=O) groups excluding carboxylic acids is 1. The van der Waals surface area contributed by atoms with Crippen molar-refractivity contribution in [2.75, 3.05) is 6.61 Å². The molecule has 1 N–H and O–H groups in total. The van der Waals surface area contributed by atoms with Crippen LogP contribution in [-0.2, 0) is 10.6 Å². The molecule has 0 saturated carbocycles. The number of carbonyl (C=O) groups is 1. The zero-order chi connectivity index (χ0) is 8.97. The Morgan fingerprint density at radius 3 is 3.00 bits per heavy atom. The monoisotopic (exact) mass is 189 g/mol. The topological polar surface area (TPSA) is 67.9 Å². The maximum Gasteiger partial charge on any atom is 0.360 e. The van der Waals surface area contributed by atoms with Crippen molar-refractivity contribution in [3.63, 3.8) is 0 Å². The van der Waals surface area contributed by atoms with Crippen LogP contribution in [0.25, 0.3) is 0 Å². The quantitative estimate of drug-likeness (QED) is 0.562. The standard InChI is InChI=1S/C6H8ClN3O2/c1-2-12-6(11)5-4(3-7)8-10-9-5/h2-3H2,1H3,(H,8,9,10). The van der Waals surface area contributed by atoms with Gasteiger partial charge in [-0.3, -0.25) is 0 Å². The van der Waals surface area contributed by atoms with Crippen molar-refractivity contribution < 1.29 is 9.53 Å². The van der Waals surface area contributed by atoms with Crippen LogP contribution in [0.5, 0.6) is 0 Å². The molecule has 5 nitrogen and oxygen atoms in total. The van der Waals surface area contributed by atoms with E-state index in [4.69, 9.17) is 16.3 Å². The lowest BCUT2D eigenvalue weighted by molar-refractivity contribution is 0.0518. The normalized spacial score (nSPS) is 9.83. The first-order chi connectivity index (χ1) is 5.79. The highest BCUT2D eigenvalue weighted by molar-refractivity contribution is 6.17. The SMILES string of the molecule is CCOC(=O)c1n[nH]nc1CCl.